The van der Waals surface area contributed by atoms with Crippen LogP contribution in [0.25, 0.3) is 0 Å². The van der Waals surface area contributed by atoms with Crippen LogP contribution < -0.4 is 4.74 Å². The Labute approximate surface area is 129 Å². The SMILES string of the molecule is CC(N=Nc1cc(Oc2ncccn2)c(Cl)cc1F)C(=O)O. The van der Waals surface area contributed by atoms with Gasteiger partial charge in [0.2, 0.25) is 0 Å². The molecule has 0 aliphatic rings. The molecular formula is C13H10ClFN4O3. The Kier molecular flexibility index (Phi) is 4.95. The molecule has 0 saturated carbocycles. The monoisotopic (exact) mass is 324 g/mol. The van der Waals surface area contributed by atoms with Crippen molar-refractivity contribution in [1.82, 2.24) is 9.97 Å². The molecule has 0 radical (unpaired) electrons. The van der Waals surface area contributed by atoms with Crippen molar-refractivity contribution in [2.24, 2.45) is 10.2 Å². The van der Waals surface area contributed by atoms with E-state index in [1.807, 2.05) is 0 Å². The Bertz CT molecular complexity index is 712. The molecule has 0 aliphatic heterocycles. The first-order valence-corrected chi connectivity index (χ1v) is 6.42. The molecule has 2 aromatic rings. The molecule has 1 heterocycles. The van der Waals surface area contributed by atoms with Crippen LogP contribution >= 0.6 is 11.6 Å². The summed E-state index contributed by atoms with van der Waals surface area (Å²) in [4.78, 5) is 18.4. The van der Waals surface area contributed by atoms with Gasteiger partial charge in [-0.2, -0.15) is 10.2 Å². The number of carbonyl (C=O) groups is 1. The zero-order valence-corrected chi connectivity index (χ0v) is 12.0. The minimum atomic E-state index is -1.17. The van der Waals surface area contributed by atoms with Crippen molar-refractivity contribution < 1.29 is 19.0 Å². The molecule has 114 valence electrons. The van der Waals surface area contributed by atoms with Gasteiger partial charge in [0.15, 0.2) is 17.6 Å². The normalized spacial score (nSPS) is 12.3. The van der Waals surface area contributed by atoms with Crippen LogP contribution in [0.3, 0.4) is 0 Å². The fraction of sp³-hybridized carbons (Fsp3) is 0.154. The summed E-state index contributed by atoms with van der Waals surface area (Å²) in [5.41, 5.74) is -0.205. The third-order valence-electron chi connectivity index (χ3n) is 2.44. The highest BCUT2D eigenvalue weighted by atomic mass is 35.5. The van der Waals surface area contributed by atoms with Gasteiger partial charge in [-0.05, 0) is 19.1 Å². The van der Waals surface area contributed by atoms with E-state index < -0.39 is 17.8 Å². The fourth-order valence-corrected chi connectivity index (χ4v) is 1.50. The van der Waals surface area contributed by atoms with Crippen molar-refractivity contribution in [2.75, 3.05) is 0 Å². The third-order valence-corrected chi connectivity index (χ3v) is 2.74. The van der Waals surface area contributed by atoms with Crippen molar-refractivity contribution in [3.05, 3.63) is 41.4 Å². The van der Waals surface area contributed by atoms with E-state index in [1.165, 1.54) is 25.4 Å². The van der Waals surface area contributed by atoms with Crippen LogP contribution in [0, 0.1) is 5.82 Å². The molecule has 1 N–H and O–H groups in total. The molecule has 1 aromatic heterocycles. The lowest BCUT2D eigenvalue weighted by Gasteiger charge is -2.07. The van der Waals surface area contributed by atoms with Gasteiger partial charge in [0.05, 0.1) is 5.02 Å². The molecule has 1 atom stereocenters. The van der Waals surface area contributed by atoms with E-state index in [4.69, 9.17) is 21.4 Å². The summed E-state index contributed by atoms with van der Waals surface area (Å²) in [7, 11) is 0. The first-order chi connectivity index (χ1) is 10.5. The van der Waals surface area contributed by atoms with E-state index in [1.54, 1.807) is 6.07 Å². The Balaban J connectivity index is 2.29. The van der Waals surface area contributed by atoms with Gasteiger partial charge in [0.1, 0.15) is 5.69 Å². The van der Waals surface area contributed by atoms with Crippen molar-refractivity contribution in [3.63, 3.8) is 0 Å². The lowest BCUT2D eigenvalue weighted by atomic mass is 10.3. The van der Waals surface area contributed by atoms with Gasteiger partial charge in [0.25, 0.3) is 0 Å². The van der Waals surface area contributed by atoms with E-state index in [-0.39, 0.29) is 22.5 Å². The first-order valence-electron chi connectivity index (χ1n) is 6.05. The van der Waals surface area contributed by atoms with Gasteiger partial charge in [0, 0.05) is 18.5 Å². The Morgan fingerprint density at radius 2 is 2.09 bits per heavy atom. The van der Waals surface area contributed by atoms with Crippen molar-refractivity contribution >= 4 is 23.3 Å². The maximum Gasteiger partial charge on any atom is 0.330 e. The van der Waals surface area contributed by atoms with Crippen LogP contribution in [-0.4, -0.2) is 27.1 Å². The summed E-state index contributed by atoms with van der Waals surface area (Å²) >= 11 is 5.88. The van der Waals surface area contributed by atoms with Crippen LogP contribution in [0.15, 0.2) is 40.8 Å². The van der Waals surface area contributed by atoms with E-state index in [9.17, 15) is 9.18 Å². The molecule has 0 fully saturated rings. The van der Waals surface area contributed by atoms with Crippen LogP contribution in [-0.2, 0) is 4.79 Å². The summed E-state index contributed by atoms with van der Waals surface area (Å²) in [5, 5.41) is 15.8. The van der Waals surface area contributed by atoms with Gasteiger partial charge in [-0.15, -0.1) is 0 Å². The number of hydrogen-bond acceptors (Lipinski definition) is 6. The molecule has 22 heavy (non-hydrogen) atoms. The predicted molar refractivity (Wildman–Crippen MR) is 75.1 cm³/mol. The molecule has 1 unspecified atom stereocenters. The third kappa shape index (κ3) is 3.95. The molecule has 1 aromatic carbocycles. The summed E-state index contributed by atoms with van der Waals surface area (Å²) in [6, 6.07) is 2.70. The minimum Gasteiger partial charge on any atom is -0.480 e. The number of carboxylic acids is 1. The molecule has 0 amide bonds. The second kappa shape index (κ2) is 6.90. The van der Waals surface area contributed by atoms with Crippen LogP contribution in [0.2, 0.25) is 5.02 Å². The van der Waals surface area contributed by atoms with Gasteiger partial charge >= 0.3 is 12.0 Å². The molecular weight excluding hydrogens is 315 g/mol. The van der Waals surface area contributed by atoms with E-state index in [2.05, 4.69) is 20.2 Å². The number of hydrogen-bond donors (Lipinski definition) is 1. The zero-order chi connectivity index (χ0) is 16.1. The summed E-state index contributed by atoms with van der Waals surface area (Å²) < 4.78 is 19.1. The predicted octanol–water partition coefficient (Wildman–Crippen LogP) is 3.62. The van der Waals surface area contributed by atoms with Crippen molar-refractivity contribution in [3.8, 4) is 11.8 Å². The minimum absolute atomic E-state index is 0.00446. The molecule has 0 saturated heterocycles. The lowest BCUT2D eigenvalue weighted by Crippen LogP contribution is -2.11. The number of halogens is 2. The van der Waals surface area contributed by atoms with Crippen molar-refractivity contribution in [1.29, 1.82) is 0 Å². The summed E-state index contributed by atoms with van der Waals surface area (Å²) in [5.74, 6) is -1.86. The van der Waals surface area contributed by atoms with E-state index in [0.29, 0.717) is 0 Å². The van der Waals surface area contributed by atoms with Crippen LogP contribution in [0.5, 0.6) is 11.8 Å². The van der Waals surface area contributed by atoms with Gasteiger partial charge in [-0.25, -0.2) is 19.2 Å². The Hall–Kier alpha value is -2.61. The number of rotatable bonds is 5. The summed E-state index contributed by atoms with van der Waals surface area (Å²) in [6.07, 6.45) is 2.93. The summed E-state index contributed by atoms with van der Waals surface area (Å²) in [6.45, 7) is 1.31. The number of carboxylic acid groups (broad SMARTS) is 1. The number of benzene rings is 1. The van der Waals surface area contributed by atoms with Gasteiger partial charge < -0.3 is 9.84 Å². The second-order valence-electron chi connectivity index (χ2n) is 4.10. The standard InChI is InChI=1S/C13H10ClFN4O3/c1-7(12(20)21)18-19-10-6-11(8(14)5-9(10)15)22-13-16-3-2-4-17-13/h2-7H,1H3,(H,20,21). The highest BCUT2D eigenvalue weighted by Crippen LogP contribution is 2.34. The molecule has 7 nitrogen and oxygen atoms in total. The molecule has 0 spiro atoms. The van der Waals surface area contributed by atoms with E-state index >= 15 is 0 Å². The number of aliphatic carboxylic acids is 1. The van der Waals surface area contributed by atoms with Gasteiger partial charge in [-0.1, -0.05) is 11.6 Å². The van der Waals surface area contributed by atoms with Crippen LogP contribution in [0.1, 0.15) is 6.92 Å². The fourth-order valence-electron chi connectivity index (χ4n) is 1.31. The number of azo groups is 1. The topological polar surface area (TPSA) is 97.0 Å². The molecule has 0 bridgehead atoms. The first kappa shape index (κ1) is 15.8. The highest BCUT2D eigenvalue weighted by molar-refractivity contribution is 6.32. The smallest absolute Gasteiger partial charge is 0.330 e. The largest absolute Gasteiger partial charge is 0.480 e. The molecule has 9 heteroatoms. The van der Waals surface area contributed by atoms with Crippen LogP contribution in [0.4, 0.5) is 10.1 Å². The molecule has 0 aliphatic carbocycles. The quantitative estimate of drug-likeness (QED) is 0.847. The van der Waals surface area contributed by atoms with Crippen molar-refractivity contribution in [2.45, 2.75) is 13.0 Å². The number of nitrogens with zero attached hydrogens (tertiary/aromatic N) is 4. The number of ether oxygens (including phenoxy) is 1. The maximum atomic E-state index is 13.7. The average molecular weight is 325 g/mol. The van der Waals surface area contributed by atoms with Gasteiger partial charge in [-0.3, -0.25) is 0 Å². The zero-order valence-electron chi connectivity index (χ0n) is 11.3. The molecule has 2 rings (SSSR count). The maximum absolute atomic E-state index is 13.7. The van der Waals surface area contributed by atoms with E-state index in [0.717, 1.165) is 6.07 Å². The Morgan fingerprint density at radius 3 is 2.73 bits per heavy atom. The highest BCUT2D eigenvalue weighted by Gasteiger charge is 2.13. The average Bonchev–Trinajstić information content (AvgIpc) is 2.49. The second-order valence-corrected chi connectivity index (χ2v) is 4.50. The number of aromatic nitrogens is 2. The lowest BCUT2D eigenvalue weighted by molar-refractivity contribution is -0.138. The Morgan fingerprint density at radius 1 is 1.41 bits per heavy atom.